The van der Waals surface area contributed by atoms with Crippen molar-refractivity contribution in [2.75, 3.05) is 0 Å². The Bertz CT molecular complexity index is 526. The zero-order chi connectivity index (χ0) is 13.8. The second-order valence-corrected chi connectivity index (χ2v) is 5.85. The predicted octanol–water partition coefficient (Wildman–Crippen LogP) is 3.75. The number of benzene rings is 1. The van der Waals surface area contributed by atoms with Crippen LogP contribution in [0.5, 0.6) is 0 Å². The van der Waals surface area contributed by atoms with Crippen LogP contribution in [0.25, 0.3) is 11.3 Å². The Morgan fingerprint density at radius 1 is 1.25 bits per heavy atom. The monoisotopic (exact) mass is 269 g/mol. The van der Waals surface area contributed by atoms with Gasteiger partial charge >= 0.3 is 0 Å². The number of rotatable bonds is 5. The van der Waals surface area contributed by atoms with Crippen molar-refractivity contribution in [3.63, 3.8) is 0 Å². The van der Waals surface area contributed by atoms with E-state index < -0.39 is 0 Å². The van der Waals surface area contributed by atoms with Crippen LogP contribution in [0.1, 0.15) is 38.2 Å². The Balaban J connectivity index is 1.65. The second-order valence-electron chi connectivity index (χ2n) is 5.85. The van der Waals surface area contributed by atoms with Crippen LogP contribution in [-0.4, -0.2) is 16.2 Å². The van der Waals surface area contributed by atoms with E-state index in [9.17, 15) is 0 Å². The predicted molar refractivity (Wildman–Crippen MR) is 82.3 cm³/mol. The van der Waals surface area contributed by atoms with E-state index in [1.807, 2.05) is 12.3 Å². The molecule has 1 atom stereocenters. The maximum atomic E-state index is 4.21. The van der Waals surface area contributed by atoms with Crippen LogP contribution in [0.15, 0.2) is 36.5 Å². The van der Waals surface area contributed by atoms with Gasteiger partial charge in [0, 0.05) is 18.2 Å². The molecule has 1 aromatic heterocycles. The Morgan fingerprint density at radius 3 is 2.75 bits per heavy atom. The Kier molecular flexibility index (Phi) is 4.16. The van der Waals surface area contributed by atoms with Crippen molar-refractivity contribution >= 4 is 0 Å². The van der Waals surface area contributed by atoms with E-state index >= 15 is 0 Å². The molecule has 2 N–H and O–H groups in total. The second kappa shape index (κ2) is 6.23. The van der Waals surface area contributed by atoms with Gasteiger partial charge in [-0.05, 0) is 31.2 Å². The van der Waals surface area contributed by atoms with Gasteiger partial charge in [-0.25, -0.2) is 0 Å². The zero-order valence-corrected chi connectivity index (χ0v) is 12.1. The fraction of sp³-hybridized carbons (Fsp3) is 0.471. The van der Waals surface area contributed by atoms with Gasteiger partial charge in [0.05, 0.1) is 11.9 Å². The van der Waals surface area contributed by atoms with Gasteiger partial charge in [0.2, 0.25) is 0 Å². The van der Waals surface area contributed by atoms with Gasteiger partial charge in [-0.3, -0.25) is 5.10 Å². The van der Waals surface area contributed by atoms with Crippen LogP contribution >= 0.6 is 0 Å². The Labute approximate surface area is 120 Å². The zero-order valence-electron chi connectivity index (χ0n) is 12.1. The van der Waals surface area contributed by atoms with Crippen molar-refractivity contribution in [3.05, 3.63) is 42.1 Å². The molecule has 1 heterocycles. The Hall–Kier alpha value is -1.61. The van der Waals surface area contributed by atoms with Crippen LogP contribution < -0.4 is 5.32 Å². The fourth-order valence-electron chi connectivity index (χ4n) is 3.19. The molecule has 0 aliphatic heterocycles. The molecule has 1 fully saturated rings. The van der Waals surface area contributed by atoms with Gasteiger partial charge in [0.25, 0.3) is 0 Å². The fourth-order valence-corrected chi connectivity index (χ4v) is 3.19. The maximum absolute atomic E-state index is 4.21. The summed E-state index contributed by atoms with van der Waals surface area (Å²) < 4.78 is 0. The number of nitrogens with zero attached hydrogens (tertiary/aromatic N) is 1. The number of aromatic nitrogens is 2. The average Bonchev–Trinajstić information content (AvgIpc) is 3.17. The standard InChI is InChI=1S/C17H23N3/c1-13(14-7-5-6-8-14)18-11-16-12-19-20-17(16)15-9-3-2-4-10-15/h2-4,9-10,12-14,18H,5-8,11H2,1H3,(H,19,20). The van der Waals surface area contributed by atoms with Crippen molar-refractivity contribution < 1.29 is 0 Å². The van der Waals surface area contributed by atoms with Crippen molar-refractivity contribution in [1.82, 2.24) is 15.5 Å². The minimum atomic E-state index is 0.594. The van der Waals surface area contributed by atoms with Gasteiger partial charge in [0.1, 0.15) is 0 Å². The highest BCUT2D eigenvalue weighted by atomic mass is 15.1. The van der Waals surface area contributed by atoms with E-state index in [0.29, 0.717) is 6.04 Å². The third kappa shape index (κ3) is 2.93. The molecule has 0 saturated heterocycles. The van der Waals surface area contributed by atoms with Crippen molar-refractivity contribution in [3.8, 4) is 11.3 Å². The van der Waals surface area contributed by atoms with Crippen molar-refractivity contribution in [2.45, 2.75) is 45.2 Å². The van der Waals surface area contributed by atoms with Crippen LogP contribution in [0.3, 0.4) is 0 Å². The average molecular weight is 269 g/mol. The highest BCUT2D eigenvalue weighted by Gasteiger charge is 2.21. The first-order valence-electron chi connectivity index (χ1n) is 7.65. The molecule has 1 aromatic carbocycles. The van der Waals surface area contributed by atoms with E-state index in [-0.39, 0.29) is 0 Å². The van der Waals surface area contributed by atoms with E-state index in [1.54, 1.807) is 0 Å². The molecule has 3 heteroatoms. The van der Waals surface area contributed by atoms with Crippen LogP contribution in [0, 0.1) is 5.92 Å². The number of hydrogen-bond donors (Lipinski definition) is 2. The number of nitrogens with one attached hydrogen (secondary N) is 2. The molecule has 0 amide bonds. The molecule has 1 aliphatic carbocycles. The number of H-pyrrole nitrogens is 1. The molecule has 0 radical (unpaired) electrons. The lowest BCUT2D eigenvalue weighted by molar-refractivity contribution is 0.381. The van der Waals surface area contributed by atoms with Gasteiger partial charge in [-0.1, -0.05) is 43.2 Å². The molecular weight excluding hydrogens is 246 g/mol. The molecule has 3 nitrogen and oxygen atoms in total. The van der Waals surface area contributed by atoms with E-state index in [2.05, 4.69) is 46.7 Å². The summed E-state index contributed by atoms with van der Waals surface area (Å²) in [6.07, 6.45) is 7.50. The molecule has 0 spiro atoms. The van der Waals surface area contributed by atoms with Gasteiger partial charge < -0.3 is 5.32 Å². The van der Waals surface area contributed by atoms with Crippen LogP contribution in [0.4, 0.5) is 0 Å². The third-order valence-corrected chi connectivity index (χ3v) is 4.50. The summed E-state index contributed by atoms with van der Waals surface area (Å²) >= 11 is 0. The summed E-state index contributed by atoms with van der Waals surface area (Å²) in [5, 5.41) is 11.0. The normalized spacial score (nSPS) is 17.4. The largest absolute Gasteiger partial charge is 0.310 e. The van der Waals surface area contributed by atoms with Gasteiger partial charge in [-0.2, -0.15) is 5.10 Å². The van der Waals surface area contributed by atoms with E-state index in [0.717, 1.165) is 18.2 Å². The smallest absolute Gasteiger partial charge is 0.0695 e. The number of aromatic amines is 1. The molecule has 3 rings (SSSR count). The number of hydrogen-bond acceptors (Lipinski definition) is 2. The van der Waals surface area contributed by atoms with Crippen LogP contribution in [0.2, 0.25) is 0 Å². The first kappa shape index (κ1) is 13.4. The first-order chi connectivity index (χ1) is 9.84. The lowest BCUT2D eigenvalue weighted by atomic mass is 9.99. The van der Waals surface area contributed by atoms with Crippen LogP contribution in [-0.2, 0) is 6.54 Å². The molecule has 0 bridgehead atoms. The Morgan fingerprint density at radius 2 is 2.00 bits per heavy atom. The molecule has 1 saturated carbocycles. The summed E-state index contributed by atoms with van der Waals surface area (Å²) in [4.78, 5) is 0. The summed E-state index contributed by atoms with van der Waals surface area (Å²) in [5.41, 5.74) is 3.59. The molecular formula is C17H23N3. The topological polar surface area (TPSA) is 40.7 Å². The molecule has 20 heavy (non-hydrogen) atoms. The summed E-state index contributed by atoms with van der Waals surface area (Å²) in [6.45, 7) is 3.21. The highest BCUT2D eigenvalue weighted by Crippen LogP contribution is 2.28. The third-order valence-electron chi connectivity index (χ3n) is 4.50. The summed E-state index contributed by atoms with van der Waals surface area (Å²) in [5.74, 6) is 0.849. The van der Waals surface area contributed by atoms with Crippen molar-refractivity contribution in [2.24, 2.45) is 5.92 Å². The highest BCUT2D eigenvalue weighted by molar-refractivity contribution is 5.62. The molecule has 1 unspecified atom stereocenters. The lowest BCUT2D eigenvalue weighted by Crippen LogP contribution is -2.31. The van der Waals surface area contributed by atoms with Crippen molar-refractivity contribution in [1.29, 1.82) is 0 Å². The van der Waals surface area contributed by atoms with Gasteiger partial charge in [-0.15, -0.1) is 0 Å². The van der Waals surface area contributed by atoms with E-state index in [1.165, 1.54) is 36.8 Å². The molecule has 1 aliphatic rings. The SMILES string of the molecule is CC(NCc1cn[nH]c1-c1ccccc1)C1CCCC1. The molecule has 106 valence electrons. The molecule has 2 aromatic rings. The van der Waals surface area contributed by atoms with E-state index in [4.69, 9.17) is 0 Å². The summed E-state index contributed by atoms with van der Waals surface area (Å²) in [6, 6.07) is 11.0. The first-order valence-corrected chi connectivity index (χ1v) is 7.65. The van der Waals surface area contributed by atoms with Gasteiger partial charge in [0.15, 0.2) is 0 Å². The lowest BCUT2D eigenvalue weighted by Gasteiger charge is -2.20. The minimum absolute atomic E-state index is 0.594. The quantitative estimate of drug-likeness (QED) is 0.868. The summed E-state index contributed by atoms with van der Waals surface area (Å²) in [7, 11) is 0. The minimum Gasteiger partial charge on any atom is -0.310 e. The maximum Gasteiger partial charge on any atom is 0.0695 e.